The number of carbonyl (C=O) groups excluding carboxylic acids is 2. The zero-order chi connectivity index (χ0) is 19.4. The van der Waals surface area contributed by atoms with Crippen molar-refractivity contribution in [3.63, 3.8) is 0 Å². The molecule has 0 bridgehead atoms. The third-order valence-electron chi connectivity index (χ3n) is 4.96. The number of nitrogens with zero attached hydrogens (tertiary/aromatic N) is 1. The van der Waals surface area contributed by atoms with E-state index in [9.17, 15) is 9.59 Å². The summed E-state index contributed by atoms with van der Waals surface area (Å²) in [7, 11) is 0. The third kappa shape index (κ3) is 4.13. The summed E-state index contributed by atoms with van der Waals surface area (Å²) >= 11 is 0. The number of hydrogen-bond acceptors (Lipinski definition) is 3. The van der Waals surface area contributed by atoms with E-state index in [1.165, 1.54) is 0 Å². The first kappa shape index (κ1) is 19.0. The molecule has 5 nitrogen and oxygen atoms in total. The van der Waals surface area contributed by atoms with Crippen LogP contribution in [0.3, 0.4) is 0 Å². The summed E-state index contributed by atoms with van der Waals surface area (Å²) in [6.07, 6.45) is 1.50. The van der Waals surface area contributed by atoms with E-state index in [1.54, 1.807) is 11.0 Å². The second-order valence-electron chi connectivity index (χ2n) is 7.42. The summed E-state index contributed by atoms with van der Waals surface area (Å²) in [6.45, 7) is 6.20. The molecule has 0 spiro atoms. The Morgan fingerprint density at radius 2 is 1.78 bits per heavy atom. The molecule has 0 radical (unpaired) electrons. The molecule has 142 valence electrons. The van der Waals surface area contributed by atoms with Crippen LogP contribution in [0.25, 0.3) is 0 Å². The largest absolute Gasteiger partial charge is 0.457 e. The van der Waals surface area contributed by atoms with Crippen LogP contribution in [0.5, 0.6) is 11.5 Å². The summed E-state index contributed by atoms with van der Waals surface area (Å²) in [6, 6.07) is 16.8. The fourth-order valence-corrected chi connectivity index (χ4v) is 3.39. The number of benzene rings is 2. The lowest BCUT2D eigenvalue weighted by Crippen LogP contribution is -2.54. The van der Waals surface area contributed by atoms with Crippen LogP contribution in [0.15, 0.2) is 54.6 Å². The predicted octanol–water partition coefficient (Wildman–Crippen LogP) is 4.45. The van der Waals surface area contributed by atoms with E-state index in [1.807, 2.05) is 69.3 Å². The lowest BCUT2D eigenvalue weighted by molar-refractivity contribution is -0.144. The number of para-hydroxylation sites is 1. The van der Waals surface area contributed by atoms with Crippen molar-refractivity contribution in [3.05, 3.63) is 54.6 Å². The number of likely N-dealkylation sites (tertiary alicyclic amines) is 1. The first-order chi connectivity index (χ1) is 12.9. The van der Waals surface area contributed by atoms with Crippen LogP contribution in [-0.2, 0) is 9.59 Å². The number of rotatable bonds is 5. The van der Waals surface area contributed by atoms with E-state index in [2.05, 4.69) is 5.32 Å². The summed E-state index contributed by atoms with van der Waals surface area (Å²) in [5, 5.41) is 2.96. The molecule has 0 aromatic heterocycles. The Labute approximate surface area is 160 Å². The molecule has 2 aromatic carbocycles. The minimum atomic E-state index is -0.822. The van der Waals surface area contributed by atoms with Crippen molar-refractivity contribution in [3.8, 4) is 11.5 Å². The van der Waals surface area contributed by atoms with E-state index in [4.69, 9.17) is 4.74 Å². The van der Waals surface area contributed by atoms with Crippen molar-refractivity contribution in [2.75, 3.05) is 11.9 Å². The van der Waals surface area contributed by atoms with Crippen LogP contribution in [0, 0.1) is 5.92 Å². The molecule has 1 atom stereocenters. The van der Waals surface area contributed by atoms with Gasteiger partial charge in [-0.25, -0.2) is 0 Å². The molecule has 27 heavy (non-hydrogen) atoms. The summed E-state index contributed by atoms with van der Waals surface area (Å²) < 4.78 is 5.83. The number of hydrogen-bond donors (Lipinski definition) is 1. The molecule has 0 aliphatic carbocycles. The Morgan fingerprint density at radius 1 is 1.07 bits per heavy atom. The van der Waals surface area contributed by atoms with Gasteiger partial charge in [-0.15, -0.1) is 0 Å². The van der Waals surface area contributed by atoms with Crippen molar-refractivity contribution in [2.24, 2.45) is 5.92 Å². The van der Waals surface area contributed by atoms with Crippen molar-refractivity contribution in [2.45, 2.75) is 39.2 Å². The number of carbonyl (C=O) groups is 2. The highest BCUT2D eigenvalue weighted by molar-refractivity contribution is 6.00. The van der Waals surface area contributed by atoms with Crippen LogP contribution >= 0.6 is 0 Å². The van der Waals surface area contributed by atoms with Gasteiger partial charge in [0.05, 0.1) is 0 Å². The second-order valence-corrected chi connectivity index (χ2v) is 7.42. The van der Waals surface area contributed by atoms with Gasteiger partial charge in [0.25, 0.3) is 0 Å². The fraction of sp³-hybridized carbons (Fsp3) is 0.364. The zero-order valence-corrected chi connectivity index (χ0v) is 16.1. The smallest absolute Gasteiger partial charge is 0.250 e. The third-order valence-corrected chi connectivity index (χ3v) is 4.96. The second kappa shape index (κ2) is 7.82. The number of anilines is 1. The molecule has 2 aromatic rings. The summed E-state index contributed by atoms with van der Waals surface area (Å²) in [4.78, 5) is 27.2. The van der Waals surface area contributed by atoms with Crippen molar-refractivity contribution in [1.29, 1.82) is 0 Å². The topological polar surface area (TPSA) is 58.6 Å². The van der Waals surface area contributed by atoms with Crippen LogP contribution in [-0.4, -0.2) is 28.8 Å². The van der Waals surface area contributed by atoms with Crippen LogP contribution < -0.4 is 10.1 Å². The van der Waals surface area contributed by atoms with E-state index in [-0.39, 0.29) is 17.7 Å². The Balaban J connectivity index is 1.74. The Bertz CT molecular complexity index is 819. The molecule has 1 heterocycles. The highest BCUT2D eigenvalue weighted by atomic mass is 16.5. The Hall–Kier alpha value is -2.82. The van der Waals surface area contributed by atoms with Crippen molar-refractivity contribution < 1.29 is 14.3 Å². The van der Waals surface area contributed by atoms with Gasteiger partial charge in [0.1, 0.15) is 17.0 Å². The van der Waals surface area contributed by atoms with Gasteiger partial charge in [0, 0.05) is 24.2 Å². The molecule has 1 N–H and O–H groups in total. The first-order valence-corrected chi connectivity index (χ1v) is 9.36. The highest BCUT2D eigenvalue weighted by Crippen LogP contribution is 2.32. The van der Waals surface area contributed by atoms with Gasteiger partial charge in [-0.3, -0.25) is 9.59 Å². The maximum Gasteiger partial charge on any atom is 0.250 e. The average Bonchev–Trinajstić information content (AvgIpc) is 3.05. The number of nitrogens with one attached hydrogen (secondary N) is 1. The van der Waals surface area contributed by atoms with Gasteiger partial charge in [0.2, 0.25) is 11.8 Å². The van der Waals surface area contributed by atoms with Crippen LogP contribution in [0.2, 0.25) is 0 Å². The molecule has 1 fully saturated rings. The maximum absolute atomic E-state index is 13.0. The van der Waals surface area contributed by atoms with E-state index >= 15 is 0 Å². The van der Waals surface area contributed by atoms with Gasteiger partial charge in [-0.05, 0) is 44.0 Å². The van der Waals surface area contributed by atoms with Gasteiger partial charge < -0.3 is 15.0 Å². The lowest BCUT2D eigenvalue weighted by atomic mass is 9.96. The predicted molar refractivity (Wildman–Crippen MR) is 106 cm³/mol. The molecule has 1 unspecified atom stereocenters. The molecule has 3 rings (SSSR count). The standard InChI is InChI=1S/C22H26N2O3/c1-16(2)20(25)24-14-8-13-22(24,3)21(26)23-17-9-7-12-19(15-17)27-18-10-5-4-6-11-18/h4-7,9-12,15-16H,8,13-14H2,1-3H3,(H,23,26). The molecular formula is C22H26N2O3. The van der Waals surface area contributed by atoms with E-state index < -0.39 is 5.54 Å². The minimum Gasteiger partial charge on any atom is -0.457 e. The Morgan fingerprint density at radius 3 is 2.48 bits per heavy atom. The van der Waals surface area contributed by atoms with E-state index in [0.29, 0.717) is 24.4 Å². The monoisotopic (exact) mass is 366 g/mol. The quantitative estimate of drug-likeness (QED) is 0.850. The normalized spacial score (nSPS) is 19.2. The molecule has 5 heteroatoms. The molecular weight excluding hydrogens is 340 g/mol. The summed E-state index contributed by atoms with van der Waals surface area (Å²) in [5.74, 6) is 1.11. The Kier molecular flexibility index (Phi) is 5.49. The van der Waals surface area contributed by atoms with Gasteiger partial charge in [0.15, 0.2) is 0 Å². The lowest BCUT2D eigenvalue weighted by Gasteiger charge is -2.35. The average molecular weight is 366 g/mol. The molecule has 1 aliphatic rings. The number of ether oxygens (including phenoxy) is 1. The molecule has 1 saturated heterocycles. The van der Waals surface area contributed by atoms with Crippen molar-refractivity contribution >= 4 is 17.5 Å². The zero-order valence-electron chi connectivity index (χ0n) is 16.1. The fourth-order valence-electron chi connectivity index (χ4n) is 3.39. The SMILES string of the molecule is CC(C)C(=O)N1CCCC1(C)C(=O)Nc1cccc(Oc2ccccc2)c1. The maximum atomic E-state index is 13.0. The van der Waals surface area contributed by atoms with Gasteiger partial charge >= 0.3 is 0 Å². The van der Waals surface area contributed by atoms with Gasteiger partial charge in [-0.2, -0.15) is 0 Å². The molecule has 0 saturated carbocycles. The van der Waals surface area contributed by atoms with Crippen molar-refractivity contribution in [1.82, 2.24) is 4.90 Å². The summed E-state index contributed by atoms with van der Waals surface area (Å²) in [5.41, 5.74) is -0.170. The van der Waals surface area contributed by atoms with Crippen LogP contribution in [0.4, 0.5) is 5.69 Å². The molecule has 1 aliphatic heterocycles. The van der Waals surface area contributed by atoms with E-state index in [0.717, 1.165) is 12.2 Å². The number of amides is 2. The van der Waals surface area contributed by atoms with Gasteiger partial charge in [-0.1, -0.05) is 38.1 Å². The molecule has 2 amide bonds. The van der Waals surface area contributed by atoms with Crippen LogP contribution in [0.1, 0.15) is 33.6 Å². The minimum absolute atomic E-state index is 0.0197. The first-order valence-electron chi connectivity index (χ1n) is 9.36. The highest BCUT2D eigenvalue weighted by Gasteiger charge is 2.46.